The molecule has 0 spiro atoms. The van der Waals surface area contributed by atoms with Crippen molar-refractivity contribution in [3.63, 3.8) is 0 Å². The first-order valence-electron chi connectivity index (χ1n) is 10.5. The highest BCUT2D eigenvalue weighted by Crippen LogP contribution is 2.22. The molecule has 1 aromatic heterocycles. The van der Waals surface area contributed by atoms with E-state index < -0.39 is 12.0 Å². The molecule has 3 rings (SSSR count). The number of aliphatic hydroxyl groups is 2. The molecule has 4 N–H and O–H groups in total. The van der Waals surface area contributed by atoms with E-state index >= 15 is 0 Å². The van der Waals surface area contributed by atoms with Crippen LogP contribution in [0.1, 0.15) is 31.2 Å². The normalized spacial score (nSPS) is 18.3. The lowest BCUT2D eigenvalue weighted by atomic mass is 9.98. The molecule has 2 amide bonds. The highest BCUT2D eigenvalue weighted by Gasteiger charge is 2.31. The molecule has 1 fully saturated rings. The van der Waals surface area contributed by atoms with Gasteiger partial charge in [0.15, 0.2) is 0 Å². The number of aromatic nitrogens is 1. The number of carbonyl (C=O) groups excluding carboxylic acids is 2. The number of carbonyl (C=O) groups is 2. The highest BCUT2D eigenvalue weighted by atomic mass is 16.3. The Balaban J connectivity index is 1.63. The third kappa shape index (κ3) is 5.09. The van der Waals surface area contributed by atoms with Crippen LogP contribution < -0.4 is 5.32 Å². The number of allylic oxidation sites excluding steroid dienone is 1. The largest absolute Gasteiger partial charge is 0.394 e. The zero-order valence-electron chi connectivity index (χ0n) is 17.2. The van der Waals surface area contributed by atoms with E-state index in [-0.39, 0.29) is 37.5 Å². The predicted octanol–water partition coefficient (Wildman–Crippen LogP) is 1.75. The van der Waals surface area contributed by atoms with Crippen molar-refractivity contribution in [2.45, 2.75) is 44.2 Å². The first-order chi connectivity index (χ1) is 14.6. The number of nitrogens with one attached hydrogen (secondary N) is 2. The van der Waals surface area contributed by atoms with Crippen LogP contribution in [0.25, 0.3) is 10.9 Å². The molecule has 0 radical (unpaired) electrons. The Morgan fingerprint density at radius 2 is 2.13 bits per heavy atom. The second-order valence-electron chi connectivity index (χ2n) is 7.94. The summed E-state index contributed by atoms with van der Waals surface area (Å²) >= 11 is 0. The minimum Gasteiger partial charge on any atom is -0.394 e. The lowest BCUT2D eigenvalue weighted by Gasteiger charge is -2.26. The first kappa shape index (κ1) is 22.1. The molecule has 2 heterocycles. The summed E-state index contributed by atoms with van der Waals surface area (Å²) in [7, 11) is 0. The molecule has 3 atom stereocenters. The maximum atomic E-state index is 12.9. The van der Waals surface area contributed by atoms with E-state index in [0.29, 0.717) is 19.4 Å². The second kappa shape index (κ2) is 10.4. The lowest BCUT2D eigenvalue weighted by molar-refractivity contribution is -0.137. The predicted molar refractivity (Wildman–Crippen MR) is 116 cm³/mol. The summed E-state index contributed by atoms with van der Waals surface area (Å²) in [4.78, 5) is 30.5. The monoisotopic (exact) mass is 413 g/mol. The van der Waals surface area contributed by atoms with Crippen LogP contribution in [0.4, 0.5) is 0 Å². The number of H-pyrrole nitrogens is 1. The van der Waals surface area contributed by atoms with Gasteiger partial charge in [0.2, 0.25) is 11.8 Å². The van der Waals surface area contributed by atoms with Crippen LogP contribution in [0.3, 0.4) is 0 Å². The molecule has 7 nitrogen and oxygen atoms in total. The molecule has 162 valence electrons. The third-order valence-corrected chi connectivity index (χ3v) is 5.86. The van der Waals surface area contributed by atoms with Crippen LogP contribution in [0, 0.1) is 5.92 Å². The highest BCUT2D eigenvalue weighted by molar-refractivity contribution is 5.87. The standard InChI is InChI=1S/C23H31N3O4/c1-2-6-16(12-22(29)26-10-5-7-19(26)15-28)23(30)25-18(14-27)11-17-13-24-21-9-4-3-8-20(17)21/h2-4,8-9,13,16,18-19,24,27-28H,1,5-7,10-12,14-15H2,(H,25,30)/t16-,18-,19-/m0/s1. The molecule has 0 saturated carbocycles. The molecule has 1 saturated heterocycles. The van der Waals surface area contributed by atoms with Gasteiger partial charge in [0.1, 0.15) is 0 Å². The molecule has 0 unspecified atom stereocenters. The Kier molecular flexibility index (Phi) is 7.65. The number of benzene rings is 1. The number of likely N-dealkylation sites (tertiary alicyclic amines) is 1. The molecular formula is C23H31N3O4. The SMILES string of the molecule is C=CC[C@@H](CC(=O)N1CCC[C@H]1CO)C(=O)N[C@H](CO)Cc1c[nH]c2ccccc12. The first-order valence-corrected chi connectivity index (χ1v) is 10.5. The van der Waals surface area contributed by atoms with Gasteiger partial charge in [0.25, 0.3) is 0 Å². The Morgan fingerprint density at radius 3 is 2.87 bits per heavy atom. The molecule has 7 heteroatoms. The van der Waals surface area contributed by atoms with Gasteiger partial charge in [0, 0.05) is 30.1 Å². The summed E-state index contributed by atoms with van der Waals surface area (Å²) in [6.07, 6.45) is 6.12. The molecule has 30 heavy (non-hydrogen) atoms. The van der Waals surface area contributed by atoms with E-state index in [1.165, 1.54) is 0 Å². The number of hydrogen-bond acceptors (Lipinski definition) is 4. The van der Waals surface area contributed by atoms with Crippen LogP contribution in [0.15, 0.2) is 43.1 Å². The van der Waals surface area contributed by atoms with Gasteiger partial charge in [-0.3, -0.25) is 9.59 Å². The summed E-state index contributed by atoms with van der Waals surface area (Å²) in [5.41, 5.74) is 2.03. The van der Waals surface area contributed by atoms with Gasteiger partial charge in [-0.05, 0) is 37.3 Å². The topological polar surface area (TPSA) is 106 Å². The van der Waals surface area contributed by atoms with Gasteiger partial charge in [0.05, 0.1) is 31.2 Å². The van der Waals surface area contributed by atoms with E-state index in [1.54, 1.807) is 11.0 Å². The maximum Gasteiger partial charge on any atom is 0.224 e. The molecule has 1 aliphatic rings. The van der Waals surface area contributed by atoms with Crippen LogP contribution in [-0.2, 0) is 16.0 Å². The Bertz CT molecular complexity index is 878. The average molecular weight is 414 g/mol. The van der Waals surface area contributed by atoms with E-state index in [4.69, 9.17) is 0 Å². The van der Waals surface area contributed by atoms with Crippen LogP contribution in [0.2, 0.25) is 0 Å². The molecule has 1 aromatic carbocycles. The minimum absolute atomic E-state index is 0.0543. The van der Waals surface area contributed by atoms with Crippen molar-refractivity contribution in [3.05, 3.63) is 48.7 Å². The number of fused-ring (bicyclic) bond motifs is 1. The fourth-order valence-electron chi connectivity index (χ4n) is 4.21. The van der Waals surface area contributed by atoms with Crippen molar-refractivity contribution in [2.75, 3.05) is 19.8 Å². The van der Waals surface area contributed by atoms with Crippen molar-refractivity contribution in [1.82, 2.24) is 15.2 Å². The van der Waals surface area contributed by atoms with Crippen molar-refractivity contribution in [3.8, 4) is 0 Å². The van der Waals surface area contributed by atoms with Gasteiger partial charge >= 0.3 is 0 Å². The average Bonchev–Trinajstić information content (AvgIpc) is 3.40. The molecule has 1 aliphatic heterocycles. The van der Waals surface area contributed by atoms with Gasteiger partial charge in [-0.25, -0.2) is 0 Å². The molecule has 2 aromatic rings. The number of amides is 2. The smallest absolute Gasteiger partial charge is 0.224 e. The number of aromatic amines is 1. The number of rotatable bonds is 10. The molecule has 0 aliphatic carbocycles. The van der Waals surface area contributed by atoms with Crippen LogP contribution in [-0.4, -0.2) is 63.8 Å². The Labute approximate surface area is 176 Å². The second-order valence-corrected chi connectivity index (χ2v) is 7.94. The number of aliphatic hydroxyl groups excluding tert-OH is 2. The lowest BCUT2D eigenvalue weighted by Crippen LogP contribution is -2.44. The van der Waals surface area contributed by atoms with Crippen molar-refractivity contribution < 1.29 is 19.8 Å². The quantitative estimate of drug-likeness (QED) is 0.445. The van der Waals surface area contributed by atoms with Gasteiger partial charge < -0.3 is 25.4 Å². The Hall–Kier alpha value is -2.64. The summed E-state index contributed by atoms with van der Waals surface area (Å²) < 4.78 is 0. The van der Waals surface area contributed by atoms with E-state index in [2.05, 4.69) is 16.9 Å². The summed E-state index contributed by atoms with van der Waals surface area (Å²) in [5.74, 6) is -0.931. The fraction of sp³-hybridized carbons (Fsp3) is 0.478. The van der Waals surface area contributed by atoms with Crippen molar-refractivity contribution in [2.24, 2.45) is 5.92 Å². The zero-order valence-corrected chi connectivity index (χ0v) is 17.2. The van der Waals surface area contributed by atoms with Gasteiger partial charge in [-0.15, -0.1) is 6.58 Å². The Morgan fingerprint density at radius 1 is 1.33 bits per heavy atom. The van der Waals surface area contributed by atoms with E-state index in [9.17, 15) is 19.8 Å². The van der Waals surface area contributed by atoms with Crippen molar-refractivity contribution >= 4 is 22.7 Å². The number of nitrogens with zero attached hydrogens (tertiary/aromatic N) is 1. The van der Waals surface area contributed by atoms with Crippen LogP contribution >= 0.6 is 0 Å². The molecule has 0 bridgehead atoms. The summed E-state index contributed by atoms with van der Waals surface area (Å²) in [6, 6.07) is 7.29. The summed E-state index contributed by atoms with van der Waals surface area (Å²) in [6.45, 7) is 4.08. The van der Waals surface area contributed by atoms with E-state index in [0.717, 1.165) is 29.3 Å². The fourth-order valence-corrected chi connectivity index (χ4v) is 4.21. The summed E-state index contributed by atoms with van der Waals surface area (Å²) in [5, 5.41) is 23.3. The number of para-hydroxylation sites is 1. The minimum atomic E-state index is -0.549. The van der Waals surface area contributed by atoms with Crippen LogP contribution in [0.5, 0.6) is 0 Å². The van der Waals surface area contributed by atoms with Crippen molar-refractivity contribution in [1.29, 1.82) is 0 Å². The van der Waals surface area contributed by atoms with Gasteiger partial charge in [-0.2, -0.15) is 0 Å². The number of hydrogen-bond donors (Lipinski definition) is 4. The zero-order chi connectivity index (χ0) is 21.5. The van der Waals surface area contributed by atoms with E-state index in [1.807, 2.05) is 30.5 Å². The maximum absolute atomic E-state index is 12.9. The molecular weight excluding hydrogens is 382 g/mol. The van der Waals surface area contributed by atoms with Gasteiger partial charge in [-0.1, -0.05) is 24.3 Å². The third-order valence-electron chi connectivity index (χ3n) is 5.86.